The Kier molecular flexibility index (Phi) is 4.42. The molecule has 0 radical (unpaired) electrons. The molecule has 1 heterocycles. The predicted molar refractivity (Wildman–Crippen MR) is 71.8 cm³/mol. The van der Waals surface area contributed by atoms with Gasteiger partial charge in [0.1, 0.15) is 5.82 Å². The van der Waals surface area contributed by atoms with Gasteiger partial charge in [-0.05, 0) is 24.5 Å². The third kappa shape index (κ3) is 3.25. The molecule has 1 fully saturated rings. The van der Waals surface area contributed by atoms with E-state index in [2.05, 4.69) is 4.90 Å². The van der Waals surface area contributed by atoms with Gasteiger partial charge in [0.15, 0.2) is 0 Å². The van der Waals surface area contributed by atoms with Gasteiger partial charge in [-0.15, -0.1) is 0 Å². The van der Waals surface area contributed by atoms with Crippen molar-refractivity contribution < 1.29 is 14.3 Å². The molecular weight excluding hydrogens is 269 g/mol. The van der Waals surface area contributed by atoms with E-state index < -0.39 is 5.97 Å². The molecule has 1 saturated heterocycles. The van der Waals surface area contributed by atoms with Crippen molar-refractivity contribution >= 4 is 17.6 Å². The van der Waals surface area contributed by atoms with Gasteiger partial charge in [-0.3, -0.25) is 4.79 Å². The zero-order chi connectivity index (χ0) is 14.0. The Morgan fingerprint density at radius 1 is 1.53 bits per heavy atom. The van der Waals surface area contributed by atoms with E-state index in [1.165, 1.54) is 6.07 Å². The molecule has 1 aromatic rings. The number of hydrogen-bond donors (Lipinski definition) is 1. The summed E-state index contributed by atoms with van der Waals surface area (Å²) in [5.74, 6) is -1.24. The van der Waals surface area contributed by atoms with E-state index in [1.54, 1.807) is 12.1 Å². The number of carbonyl (C=O) groups is 1. The zero-order valence-corrected chi connectivity index (χ0v) is 11.5. The summed E-state index contributed by atoms with van der Waals surface area (Å²) in [6.07, 6.45) is 0.505. The maximum atomic E-state index is 13.6. The van der Waals surface area contributed by atoms with Crippen LogP contribution in [0.4, 0.5) is 4.39 Å². The lowest BCUT2D eigenvalue weighted by Gasteiger charge is -2.15. The van der Waals surface area contributed by atoms with Crippen LogP contribution in [0.15, 0.2) is 18.2 Å². The first kappa shape index (κ1) is 14.3. The molecule has 0 unspecified atom stereocenters. The second-order valence-corrected chi connectivity index (χ2v) is 5.54. The molecule has 0 spiro atoms. The molecule has 1 aliphatic heterocycles. The summed E-state index contributed by atoms with van der Waals surface area (Å²) in [6.45, 7) is 3.84. The minimum atomic E-state index is -0.751. The first-order valence-electron chi connectivity index (χ1n) is 6.37. The van der Waals surface area contributed by atoms with E-state index in [0.717, 1.165) is 6.54 Å². The zero-order valence-electron chi connectivity index (χ0n) is 10.8. The quantitative estimate of drug-likeness (QED) is 0.925. The van der Waals surface area contributed by atoms with Crippen LogP contribution < -0.4 is 0 Å². The minimum absolute atomic E-state index is 0.133. The van der Waals surface area contributed by atoms with Crippen LogP contribution in [0.25, 0.3) is 0 Å². The van der Waals surface area contributed by atoms with Crippen molar-refractivity contribution in [3.8, 4) is 0 Å². The first-order chi connectivity index (χ1) is 8.99. The second kappa shape index (κ2) is 5.88. The standard InChI is InChI=1S/C14H17ClFNO2/c1-9-7-17(8-11(9)14(18)19)6-5-10-12(15)3-2-4-13(10)16/h2-4,9,11H,5-8H2,1H3,(H,18,19)/t9-,11-/m1/s1. The summed E-state index contributed by atoms with van der Waals surface area (Å²) in [7, 11) is 0. The number of aliphatic carboxylic acids is 1. The van der Waals surface area contributed by atoms with E-state index in [9.17, 15) is 9.18 Å². The molecule has 3 nitrogen and oxygen atoms in total. The Bertz CT molecular complexity index is 460. The number of benzene rings is 1. The van der Waals surface area contributed by atoms with Crippen molar-refractivity contribution in [3.05, 3.63) is 34.6 Å². The van der Waals surface area contributed by atoms with Crippen LogP contribution in [0.3, 0.4) is 0 Å². The van der Waals surface area contributed by atoms with Crippen LogP contribution in [-0.2, 0) is 11.2 Å². The van der Waals surface area contributed by atoms with Crippen LogP contribution in [0.2, 0.25) is 5.02 Å². The fourth-order valence-electron chi connectivity index (χ4n) is 2.61. The van der Waals surface area contributed by atoms with Crippen LogP contribution >= 0.6 is 11.6 Å². The fourth-order valence-corrected chi connectivity index (χ4v) is 2.87. The lowest BCUT2D eigenvalue weighted by atomic mass is 9.99. The van der Waals surface area contributed by atoms with Crippen molar-refractivity contribution in [2.24, 2.45) is 11.8 Å². The maximum absolute atomic E-state index is 13.6. The normalized spacial score (nSPS) is 23.7. The van der Waals surface area contributed by atoms with Gasteiger partial charge in [0.05, 0.1) is 5.92 Å². The number of carboxylic acid groups (broad SMARTS) is 1. The molecule has 19 heavy (non-hydrogen) atoms. The number of carboxylic acids is 1. The van der Waals surface area contributed by atoms with Crippen LogP contribution in [0.1, 0.15) is 12.5 Å². The van der Waals surface area contributed by atoms with E-state index in [0.29, 0.717) is 30.1 Å². The van der Waals surface area contributed by atoms with Crippen LogP contribution in [-0.4, -0.2) is 35.6 Å². The van der Waals surface area contributed by atoms with Crippen molar-refractivity contribution in [1.29, 1.82) is 0 Å². The van der Waals surface area contributed by atoms with E-state index in [4.69, 9.17) is 16.7 Å². The average molecular weight is 286 g/mol. The van der Waals surface area contributed by atoms with Crippen molar-refractivity contribution in [3.63, 3.8) is 0 Å². The van der Waals surface area contributed by atoms with Gasteiger partial charge in [0.25, 0.3) is 0 Å². The highest BCUT2D eigenvalue weighted by Gasteiger charge is 2.34. The summed E-state index contributed by atoms with van der Waals surface area (Å²) in [6, 6.07) is 4.65. The van der Waals surface area contributed by atoms with Gasteiger partial charge >= 0.3 is 5.97 Å². The highest BCUT2D eigenvalue weighted by atomic mass is 35.5. The summed E-state index contributed by atoms with van der Waals surface area (Å²) in [5.41, 5.74) is 0.510. The molecule has 2 rings (SSSR count). The topological polar surface area (TPSA) is 40.5 Å². The van der Waals surface area contributed by atoms with Crippen molar-refractivity contribution in [1.82, 2.24) is 4.90 Å². The molecule has 5 heteroatoms. The Balaban J connectivity index is 1.95. The Morgan fingerprint density at radius 3 is 2.84 bits per heavy atom. The maximum Gasteiger partial charge on any atom is 0.308 e. The average Bonchev–Trinajstić information content (AvgIpc) is 2.70. The number of hydrogen-bond acceptors (Lipinski definition) is 2. The second-order valence-electron chi connectivity index (χ2n) is 5.13. The smallest absolute Gasteiger partial charge is 0.308 e. The van der Waals surface area contributed by atoms with E-state index in [-0.39, 0.29) is 17.7 Å². The molecule has 1 N–H and O–H groups in total. The fraction of sp³-hybridized carbons (Fsp3) is 0.500. The number of nitrogens with zero attached hydrogens (tertiary/aromatic N) is 1. The van der Waals surface area contributed by atoms with E-state index in [1.807, 2.05) is 6.92 Å². The van der Waals surface area contributed by atoms with Gasteiger partial charge in [-0.1, -0.05) is 24.6 Å². The van der Waals surface area contributed by atoms with Crippen LogP contribution in [0.5, 0.6) is 0 Å². The highest BCUT2D eigenvalue weighted by molar-refractivity contribution is 6.31. The molecule has 0 bridgehead atoms. The predicted octanol–water partition coefficient (Wildman–Crippen LogP) is 2.67. The molecule has 0 saturated carbocycles. The highest BCUT2D eigenvalue weighted by Crippen LogP contribution is 2.25. The van der Waals surface area contributed by atoms with Gasteiger partial charge in [0, 0.05) is 30.2 Å². The molecule has 1 aliphatic rings. The lowest BCUT2D eigenvalue weighted by Crippen LogP contribution is -2.25. The number of halogens is 2. The third-order valence-corrected chi connectivity index (χ3v) is 4.10. The molecule has 0 aliphatic carbocycles. The van der Waals surface area contributed by atoms with Crippen LogP contribution in [0, 0.1) is 17.7 Å². The largest absolute Gasteiger partial charge is 0.481 e. The summed E-state index contributed by atoms with van der Waals surface area (Å²) in [5, 5.41) is 9.50. The number of likely N-dealkylation sites (tertiary alicyclic amines) is 1. The van der Waals surface area contributed by atoms with Crippen molar-refractivity contribution in [2.75, 3.05) is 19.6 Å². The summed E-state index contributed by atoms with van der Waals surface area (Å²) >= 11 is 5.97. The Hall–Kier alpha value is -1.13. The molecular formula is C14H17ClFNO2. The Labute approximate surface area is 117 Å². The first-order valence-corrected chi connectivity index (χ1v) is 6.75. The van der Waals surface area contributed by atoms with E-state index >= 15 is 0 Å². The van der Waals surface area contributed by atoms with Gasteiger partial charge < -0.3 is 10.0 Å². The van der Waals surface area contributed by atoms with Gasteiger partial charge in [-0.2, -0.15) is 0 Å². The number of rotatable bonds is 4. The SMILES string of the molecule is C[C@@H]1CN(CCc2c(F)cccc2Cl)C[C@H]1C(=O)O. The molecule has 1 aromatic carbocycles. The molecule has 0 aromatic heterocycles. The summed E-state index contributed by atoms with van der Waals surface area (Å²) in [4.78, 5) is 13.1. The van der Waals surface area contributed by atoms with Gasteiger partial charge in [-0.25, -0.2) is 4.39 Å². The lowest BCUT2D eigenvalue weighted by molar-refractivity contribution is -0.142. The third-order valence-electron chi connectivity index (χ3n) is 3.74. The minimum Gasteiger partial charge on any atom is -0.481 e. The monoisotopic (exact) mass is 285 g/mol. The van der Waals surface area contributed by atoms with Gasteiger partial charge in [0.2, 0.25) is 0 Å². The molecule has 2 atom stereocenters. The molecule has 104 valence electrons. The Morgan fingerprint density at radius 2 is 2.26 bits per heavy atom. The molecule has 0 amide bonds. The van der Waals surface area contributed by atoms with Crippen molar-refractivity contribution in [2.45, 2.75) is 13.3 Å². The summed E-state index contributed by atoms with van der Waals surface area (Å²) < 4.78 is 13.6.